The number of halogens is 1. The Labute approximate surface area is 160 Å². The van der Waals surface area contributed by atoms with Gasteiger partial charge < -0.3 is 14.3 Å². The van der Waals surface area contributed by atoms with Crippen LogP contribution >= 0.6 is 0 Å². The minimum absolute atomic E-state index is 0.169. The number of carbonyl (C=O) groups is 1. The van der Waals surface area contributed by atoms with Crippen LogP contribution in [0.5, 0.6) is 0 Å². The van der Waals surface area contributed by atoms with E-state index in [-0.39, 0.29) is 17.6 Å². The van der Waals surface area contributed by atoms with Crippen LogP contribution in [-0.2, 0) is 11.3 Å². The van der Waals surface area contributed by atoms with Gasteiger partial charge in [0.1, 0.15) is 11.5 Å². The van der Waals surface area contributed by atoms with Crippen molar-refractivity contribution in [3.8, 4) is 11.3 Å². The van der Waals surface area contributed by atoms with Gasteiger partial charge in [0, 0.05) is 31.1 Å². The molecule has 0 bridgehead atoms. The van der Waals surface area contributed by atoms with E-state index >= 15 is 0 Å². The normalized spacial score (nSPS) is 13.6. The van der Waals surface area contributed by atoms with Crippen LogP contribution in [0.4, 0.5) is 10.3 Å². The molecule has 1 aliphatic rings. The highest BCUT2D eigenvalue weighted by molar-refractivity contribution is 5.81. The molecule has 0 atom stereocenters. The maximum atomic E-state index is 13.4. The summed E-state index contributed by atoms with van der Waals surface area (Å²) in [6, 6.07) is 6.25. The maximum Gasteiger partial charge on any atom is 0.232 e. The predicted molar refractivity (Wildman–Crippen MR) is 104 cm³/mol. The van der Waals surface area contributed by atoms with Crippen LogP contribution in [0.2, 0.25) is 0 Å². The van der Waals surface area contributed by atoms with E-state index in [4.69, 9.17) is 4.52 Å². The Kier molecular flexibility index (Phi) is 6.14. The fourth-order valence-corrected chi connectivity index (χ4v) is 3.35. The van der Waals surface area contributed by atoms with Crippen molar-refractivity contribution < 1.29 is 13.7 Å². The Hall–Kier alpha value is -2.37. The minimum Gasteiger partial charge on any atom is -0.341 e. The van der Waals surface area contributed by atoms with E-state index in [1.807, 2.05) is 4.90 Å². The fraction of sp³-hybridized carbons (Fsp3) is 0.524. The molecule has 5 nitrogen and oxygen atoms in total. The molecule has 6 heteroatoms. The number of aromatic nitrogens is 1. The number of hydrogen-bond donors (Lipinski definition) is 0. The standard InChI is InChI=1S/C21H28FN3O2/c1-4-13-25(20(26)16-7-8-16)14-18-19(15-9-11-17(22)12-10-15)23-27-21(18)24(5-2)6-3/h9-12,16H,4-8,13-14H2,1-3H3. The highest BCUT2D eigenvalue weighted by atomic mass is 19.1. The van der Waals surface area contributed by atoms with E-state index < -0.39 is 0 Å². The molecule has 0 unspecified atom stereocenters. The van der Waals surface area contributed by atoms with Crippen LogP contribution in [0.1, 0.15) is 45.6 Å². The number of hydrogen-bond acceptors (Lipinski definition) is 4. The van der Waals surface area contributed by atoms with Gasteiger partial charge in [-0.3, -0.25) is 4.79 Å². The molecule has 1 fully saturated rings. The molecule has 1 aromatic carbocycles. The highest BCUT2D eigenvalue weighted by Gasteiger charge is 2.34. The van der Waals surface area contributed by atoms with Crippen molar-refractivity contribution >= 4 is 11.8 Å². The molecule has 0 spiro atoms. The first-order chi connectivity index (χ1) is 13.1. The topological polar surface area (TPSA) is 49.6 Å². The minimum atomic E-state index is -0.288. The molecule has 146 valence electrons. The largest absolute Gasteiger partial charge is 0.341 e. The Bertz CT molecular complexity index is 764. The second-order valence-electron chi connectivity index (χ2n) is 7.03. The summed E-state index contributed by atoms with van der Waals surface area (Å²) in [6.07, 6.45) is 2.86. The smallest absolute Gasteiger partial charge is 0.232 e. The second kappa shape index (κ2) is 8.55. The van der Waals surface area contributed by atoms with Crippen molar-refractivity contribution in [1.82, 2.24) is 10.1 Å². The predicted octanol–water partition coefficient (Wildman–Crippen LogP) is 4.48. The van der Waals surface area contributed by atoms with Gasteiger partial charge in [0.15, 0.2) is 0 Å². The summed E-state index contributed by atoms with van der Waals surface area (Å²) in [7, 11) is 0. The molecule has 1 aromatic heterocycles. The Morgan fingerprint density at radius 3 is 2.41 bits per heavy atom. The molecule has 0 N–H and O–H groups in total. The number of anilines is 1. The molecule has 1 amide bonds. The lowest BCUT2D eigenvalue weighted by atomic mass is 10.1. The number of nitrogens with zero attached hydrogens (tertiary/aromatic N) is 3. The Morgan fingerprint density at radius 1 is 1.19 bits per heavy atom. The van der Waals surface area contributed by atoms with Crippen LogP contribution in [0.25, 0.3) is 11.3 Å². The van der Waals surface area contributed by atoms with Crippen LogP contribution in [0, 0.1) is 11.7 Å². The van der Waals surface area contributed by atoms with Crippen molar-refractivity contribution in [2.75, 3.05) is 24.5 Å². The van der Waals surface area contributed by atoms with Gasteiger partial charge in [0.05, 0.1) is 12.1 Å². The molecule has 1 aliphatic carbocycles. The van der Waals surface area contributed by atoms with Gasteiger partial charge in [-0.25, -0.2) is 4.39 Å². The third-order valence-electron chi connectivity index (χ3n) is 5.02. The lowest BCUT2D eigenvalue weighted by Gasteiger charge is -2.24. The van der Waals surface area contributed by atoms with Crippen molar-refractivity contribution in [2.24, 2.45) is 5.92 Å². The van der Waals surface area contributed by atoms with Gasteiger partial charge in [-0.1, -0.05) is 12.1 Å². The molecule has 2 aromatic rings. The number of rotatable bonds is 9. The summed E-state index contributed by atoms with van der Waals surface area (Å²) in [5.41, 5.74) is 2.37. The van der Waals surface area contributed by atoms with Gasteiger partial charge in [0.25, 0.3) is 0 Å². The monoisotopic (exact) mass is 373 g/mol. The third-order valence-corrected chi connectivity index (χ3v) is 5.02. The van der Waals surface area contributed by atoms with Crippen LogP contribution in [0.3, 0.4) is 0 Å². The third kappa shape index (κ3) is 4.31. The summed E-state index contributed by atoms with van der Waals surface area (Å²) in [4.78, 5) is 16.8. The van der Waals surface area contributed by atoms with E-state index in [0.717, 1.165) is 43.5 Å². The SMILES string of the molecule is CCCN(Cc1c(-c2ccc(F)cc2)noc1N(CC)CC)C(=O)C1CC1. The van der Waals surface area contributed by atoms with Crippen LogP contribution in [0.15, 0.2) is 28.8 Å². The van der Waals surface area contributed by atoms with E-state index in [2.05, 4.69) is 30.8 Å². The van der Waals surface area contributed by atoms with Crippen molar-refractivity contribution in [3.05, 3.63) is 35.6 Å². The van der Waals surface area contributed by atoms with Gasteiger partial charge in [-0.2, -0.15) is 0 Å². The molecule has 27 heavy (non-hydrogen) atoms. The fourth-order valence-electron chi connectivity index (χ4n) is 3.35. The molecule has 1 heterocycles. The summed E-state index contributed by atoms with van der Waals surface area (Å²) >= 11 is 0. The zero-order valence-electron chi connectivity index (χ0n) is 16.4. The van der Waals surface area contributed by atoms with Crippen LogP contribution in [-0.4, -0.2) is 35.6 Å². The molecule has 0 radical (unpaired) electrons. The summed E-state index contributed by atoms with van der Waals surface area (Å²) < 4.78 is 19.1. The van der Waals surface area contributed by atoms with Crippen molar-refractivity contribution in [1.29, 1.82) is 0 Å². The molecule has 1 saturated carbocycles. The number of benzene rings is 1. The van der Waals surface area contributed by atoms with Crippen LogP contribution < -0.4 is 4.90 Å². The Balaban J connectivity index is 1.99. The van der Waals surface area contributed by atoms with Crippen molar-refractivity contribution in [2.45, 2.75) is 46.6 Å². The zero-order valence-corrected chi connectivity index (χ0v) is 16.4. The zero-order chi connectivity index (χ0) is 19.4. The van der Waals surface area contributed by atoms with Crippen molar-refractivity contribution in [3.63, 3.8) is 0 Å². The quantitative estimate of drug-likeness (QED) is 0.650. The average Bonchev–Trinajstić information content (AvgIpc) is 3.45. The highest BCUT2D eigenvalue weighted by Crippen LogP contribution is 2.35. The lowest BCUT2D eigenvalue weighted by Crippen LogP contribution is -2.33. The summed E-state index contributed by atoms with van der Waals surface area (Å²) in [6.45, 7) is 8.94. The number of amides is 1. The number of carbonyl (C=O) groups excluding carboxylic acids is 1. The first kappa shape index (κ1) is 19.4. The van der Waals surface area contributed by atoms with Gasteiger partial charge >= 0.3 is 0 Å². The summed E-state index contributed by atoms with van der Waals surface area (Å²) in [5.74, 6) is 0.796. The van der Waals surface area contributed by atoms with E-state index in [9.17, 15) is 9.18 Å². The van der Waals surface area contributed by atoms with Gasteiger partial charge in [0.2, 0.25) is 11.8 Å². The molecule has 0 saturated heterocycles. The van der Waals surface area contributed by atoms with Gasteiger partial charge in [-0.05, 0) is 57.4 Å². The first-order valence-electron chi connectivity index (χ1n) is 9.87. The Morgan fingerprint density at radius 2 is 1.85 bits per heavy atom. The van der Waals surface area contributed by atoms with E-state index in [1.165, 1.54) is 12.1 Å². The average molecular weight is 373 g/mol. The molecule has 0 aliphatic heterocycles. The van der Waals surface area contributed by atoms with E-state index in [0.29, 0.717) is 24.7 Å². The van der Waals surface area contributed by atoms with Gasteiger partial charge in [-0.15, -0.1) is 0 Å². The molecular formula is C21H28FN3O2. The maximum absolute atomic E-state index is 13.4. The molecular weight excluding hydrogens is 345 g/mol. The summed E-state index contributed by atoms with van der Waals surface area (Å²) in [5, 5.41) is 4.29. The second-order valence-corrected chi connectivity index (χ2v) is 7.03. The molecule has 3 rings (SSSR count). The van der Waals surface area contributed by atoms with E-state index in [1.54, 1.807) is 12.1 Å². The first-order valence-corrected chi connectivity index (χ1v) is 9.87. The lowest BCUT2D eigenvalue weighted by molar-refractivity contribution is -0.133.